The molecule has 1 atom stereocenters. The molecule has 3 rings (SSSR count). The lowest BCUT2D eigenvalue weighted by Crippen LogP contribution is -2.53. The summed E-state index contributed by atoms with van der Waals surface area (Å²) in [5.74, 6) is -1.25. The number of carbonyl (C=O) groups excluding carboxylic acids is 2. The van der Waals surface area contributed by atoms with Crippen LogP contribution in [0.3, 0.4) is 0 Å². The van der Waals surface area contributed by atoms with Gasteiger partial charge in [-0.25, -0.2) is 4.98 Å². The van der Waals surface area contributed by atoms with Crippen molar-refractivity contribution in [3.8, 4) is 0 Å². The molecule has 9 N–H and O–H groups in total. The minimum absolute atomic E-state index is 0.0794. The normalized spacial score (nSPS) is 14.8. The molecule has 1 aliphatic rings. The maximum absolute atomic E-state index is 13.0. The van der Waals surface area contributed by atoms with Gasteiger partial charge in [0.05, 0.1) is 6.04 Å². The van der Waals surface area contributed by atoms with Crippen molar-refractivity contribution >= 4 is 50.8 Å². The molecular weight excluding hydrogens is 550 g/mol. The van der Waals surface area contributed by atoms with Crippen LogP contribution in [0, 0.1) is 5.41 Å². The van der Waals surface area contributed by atoms with Gasteiger partial charge in [-0.15, -0.1) is 11.3 Å². The van der Waals surface area contributed by atoms with Crippen LogP contribution in [0.1, 0.15) is 22.6 Å². The molecule has 18 heteroatoms. The Balaban J connectivity index is 1.67. The van der Waals surface area contributed by atoms with Gasteiger partial charge in [-0.3, -0.25) is 29.5 Å². The molecule has 212 valence electrons. The number of aromatic nitrogens is 2. The first-order chi connectivity index (χ1) is 18.5. The summed E-state index contributed by atoms with van der Waals surface area (Å²) in [5.41, 5.74) is 15.1. The van der Waals surface area contributed by atoms with E-state index in [0.717, 1.165) is 20.2 Å². The Bertz CT molecular complexity index is 1360. The maximum atomic E-state index is 13.0. The highest BCUT2D eigenvalue weighted by atomic mass is 32.2. The molecule has 0 bridgehead atoms. The van der Waals surface area contributed by atoms with Crippen molar-refractivity contribution in [2.45, 2.75) is 25.4 Å². The number of guanidine groups is 2. The van der Waals surface area contributed by atoms with Crippen molar-refractivity contribution in [2.75, 3.05) is 37.4 Å². The summed E-state index contributed by atoms with van der Waals surface area (Å²) in [6.45, 7) is 0.434. The minimum Gasteiger partial charge on any atom is -0.370 e. The van der Waals surface area contributed by atoms with Crippen LogP contribution in [0.5, 0.6) is 0 Å². The number of hydrogen-bond acceptors (Lipinski definition) is 9. The Morgan fingerprint density at radius 1 is 1.21 bits per heavy atom. The number of ketones is 1. The zero-order chi connectivity index (χ0) is 28.6. The molecule has 1 amide bonds. The van der Waals surface area contributed by atoms with E-state index < -0.39 is 34.3 Å². The Labute approximate surface area is 228 Å². The predicted octanol–water partition coefficient (Wildman–Crippen LogP) is -2.11. The average molecular weight is 582 g/mol. The fraction of sp³-hybridized carbons (Fsp3) is 0.429. The first kappa shape index (κ1) is 29.5. The molecule has 2 aromatic rings. The van der Waals surface area contributed by atoms with Crippen molar-refractivity contribution < 1.29 is 18.0 Å². The van der Waals surface area contributed by atoms with Gasteiger partial charge in [0.15, 0.2) is 16.9 Å². The summed E-state index contributed by atoms with van der Waals surface area (Å²) in [6, 6.07) is 1.79. The van der Waals surface area contributed by atoms with E-state index in [9.17, 15) is 22.8 Å². The highest BCUT2D eigenvalue weighted by Gasteiger charge is 2.28. The van der Waals surface area contributed by atoms with Gasteiger partial charge >= 0.3 is 10.2 Å². The van der Waals surface area contributed by atoms with E-state index in [2.05, 4.69) is 20.0 Å². The number of carbonyl (C=O) groups is 2. The summed E-state index contributed by atoms with van der Waals surface area (Å²) in [4.78, 5) is 48.1. The number of amides is 1. The van der Waals surface area contributed by atoms with E-state index in [1.165, 1.54) is 29.4 Å². The van der Waals surface area contributed by atoms with Gasteiger partial charge in [-0.05, 0) is 25.0 Å². The number of thiazole rings is 1. The molecule has 0 unspecified atom stereocenters. The highest BCUT2D eigenvalue weighted by Crippen LogP contribution is 2.13. The number of hydrogen-bond donors (Lipinski definition) is 6. The lowest BCUT2D eigenvalue weighted by atomic mass is 10.1. The average Bonchev–Trinajstić information content (AvgIpc) is 3.43. The van der Waals surface area contributed by atoms with E-state index in [0.29, 0.717) is 6.42 Å². The Morgan fingerprint density at radius 2 is 1.92 bits per heavy atom. The molecule has 39 heavy (non-hydrogen) atoms. The first-order valence-electron chi connectivity index (χ1n) is 11.8. The molecule has 16 nitrogen and oxygen atoms in total. The van der Waals surface area contributed by atoms with Crippen molar-refractivity contribution in [3.05, 3.63) is 45.3 Å². The number of pyridine rings is 1. The zero-order valence-corrected chi connectivity index (χ0v) is 22.6. The van der Waals surface area contributed by atoms with Gasteiger partial charge in [0.2, 0.25) is 11.7 Å². The molecule has 1 fully saturated rings. The predicted molar refractivity (Wildman–Crippen MR) is 147 cm³/mol. The van der Waals surface area contributed by atoms with E-state index in [1.807, 2.05) is 0 Å². The SMILES string of the molecule is N=C(N)N1CCN(S(=O)(=O)Nc2cccn(CC(=O)N[C@@H](CCCN=C(N)N)C(=O)c3nccs3)c2=O)CC1. The monoisotopic (exact) mass is 581 g/mol. The number of aliphatic imine (C=N–C) groups is 1. The Hall–Kier alpha value is -4.03. The summed E-state index contributed by atoms with van der Waals surface area (Å²) < 4.78 is 30.1. The lowest BCUT2D eigenvalue weighted by molar-refractivity contribution is -0.122. The molecule has 3 heterocycles. The third kappa shape index (κ3) is 8.23. The second-order valence-corrected chi connectivity index (χ2v) is 11.1. The highest BCUT2D eigenvalue weighted by molar-refractivity contribution is 7.90. The largest absolute Gasteiger partial charge is 0.370 e. The third-order valence-electron chi connectivity index (χ3n) is 5.73. The first-order valence-corrected chi connectivity index (χ1v) is 14.1. The fourth-order valence-electron chi connectivity index (χ4n) is 3.77. The van der Waals surface area contributed by atoms with Crippen LogP contribution < -0.4 is 32.8 Å². The zero-order valence-electron chi connectivity index (χ0n) is 20.9. The van der Waals surface area contributed by atoms with E-state index in [-0.39, 0.29) is 67.5 Å². The van der Waals surface area contributed by atoms with E-state index >= 15 is 0 Å². The molecule has 2 aromatic heterocycles. The molecular formula is C21H31N11O5S2. The van der Waals surface area contributed by atoms with Gasteiger partial charge in [0.1, 0.15) is 12.2 Å². The van der Waals surface area contributed by atoms with Crippen LogP contribution in [0.4, 0.5) is 5.69 Å². The van der Waals surface area contributed by atoms with Crippen molar-refractivity contribution in [1.29, 1.82) is 5.41 Å². The fourth-order valence-corrected chi connectivity index (χ4v) is 5.61. The standard InChI is InChI=1S/C21H31N11O5S2/c22-20(23)27-5-1-3-14(17(34)18-26-6-12-38-18)28-16(33)13-31-7-2-4-15(19(31)35)29-39(36,37)32-10-8-30(9-11-32)21(24)25/h2,4,6-7,12,14,29H,1,3,5,8-11,13H2,(H3,24,25)(H,28,33)(H4,22,23,27)/t14-/m0/s1. The smallest absolute Gasteiger partial charge is 0.301 e. The van der Waals surface area contributed by atoms with Gasteiger partial charge in [0, 0.05) is 50.5 Å². The number of anilines is 1. The number of nitrogens with one attached hydrogen (secondary N) is 3. The summed E-state index contributed by atoms with van der Waals surface area (Å²) >= 11 is 1.13. The van der Waals surface area contributed by atoms with Gasteiger partial charge in [0.25, 0.3) is 5.56 Å². The van der Waals surface area contributed by atoms with Crippen LogP contribution in [0.2, 0.25) is 0 Å². The number of nitrogens with zero attached hydrogens (tertiary/aromatic N) is 5. The topological polar surface area (TPSA) is 248 Å². The van der Waals surface area contributed by atoms with Gasteiger partial charge < -0.3 is 32.0 Å². The Kier molecular flexibility index (Phi) is 9.96. The van der Waals surface area contributed by atoms with Gasteiger partial charge in [-0.2, -0.15) is 12.7 Å². The van der Waals surface area contributed by atoms with Gasteiger partial charge in [-0.1, -0.05) is 0 Å². The molecule has 0 saturated carbocycles. The lowest BCUT2D eigenvalue weighted by Gasteiger charge is -2.34. The second kappa shape index (κ2) is 13.2. The van der Waals surface area contributed by atoms with E-state index in [1.54, 1.807) is 5.38 Å². The van der Waals surface area contributed by atoms with Crippen LogP contribution in [0.15, 0.2) is 39.7 Å². The Morgan fingerprint density at radius 3 is 2.54 bits per heavy atom. The molecule has 1 aliphatic heterocycles. The quantitative estimate of drug-likeness (QED) is 0.0689. The third-order valence-corrected chi connectivity index (χ3v) is 8.04. The minimum atomic E-state index is -4.07. The van der Waals surface area contributed by atoms with E-state index in [4.69, 9.17) is 22.6 Å². The number of nitrogens with two attached hydrogens (primary N) is 3. The summed E-state index contributed by atoms with van der Waals surface area (Å²) in [6.07, 6.45) is 3.44. The molecule has 0 aromatic carbocycles. The molecule has 0 radical (unpaired) electrons. The maximum Gasteiger partial charge on any atom is 0.301 e. The van der Waals surface area contributed by atoms with Crippen LogP contribution in [0.25, 0.3) is 0 Å². The number of rotatable bonds is 12. The number of Topliss-reactive ketones (excluding diaryl/α,β-unsaturated/α-hetero) is 1. The molecule has 0 spiro atoms. The summed E-state index contributed by atoms with van der Waals surface area (Å²) in [5, 5.41) is 12.0. The molecule has 0 aliphatic carbocycles. The van der Waals surface area contributed by atoms with Crippen molar-refractivity contribution in [3.63, 3.8) is 0 Å². The van der Waals surface area contributed by atoms with Crippen LogP contribution >= 0.6 is 11.3 Å². The summed E-state index contributed by atoms with van der Waals surface area (Å²) in [7, 11) is -4.07. The second-order valence-electron chi connectivity index (χ2n) is 8.50. The van der Waals surface area contributed by atoms with Crippen molar-refractivity contribution in [2.24, 2.45) is 22.2 Å². The number of piperazine rings is 1. The molecule has 1 saturated heterocycles. The van der Waals surface area contributed by atoms with Crippen molar-refractivity contribution in [1.82, 2.24) is 24.1 Å². The van der Waals surface area contributed by atoms with Crippen LogP contribution in [-0.4, -0.2) is 89.5 Å². The van der Waals surface area contributed by atoms with Crippen LogP contribution in [-0.2, 0) is 21.5 Å².